The number of aromatic nitrogens is 2. The molecule has 2 aromatic rings. The predicted molar refractivity (Wildman–Crippen MR) is 106 cm³/mol. The third kappa shape index (κ3) is 3.76. The summed E-state index contributed by atoms with van der Waals surface area (Å²) >= 11 is 0. The fraction of sp³-hybridized carbons (Fsp3) is 0.350. The van der Waals surface area contributed by atoms with Crippen molar-refractivity contribution in [2.24, 2.45) is 0 Å². The highest BCUT2D eigenvalue weighted by Crippen LogP contribution is 2.32. The molecular formula is C20H21N5O5. The van der Waals surface area contributed by atoms with Gasteiger partial charge in [-0.1, -0.05) is 12.1 Å². The number of nitrogens with one attached hydrogen (secondary N) is 2. The average molecular weight is 411 g/mol. The topological polar surface area (TPSA) is 146 Å². The number of rotatable bonds is 4. The summed E-state index contributed by atoms with van der Waals surface area (Å²) in [6.07, 6.45) is 0.221. The number of nitrogens with two attached hydrogens (primary N) is 1. The summed E-state index contributed by atoms with van der Waals surface area (Å²) in [5.74, 6) is -0.506. The molecule has 0 spiro atoms. The summed E-state index contributed by atoms with van der Waals surface area (Å²) < 4.78 is 10.5. The lowest BCUT2D eigenvalue weighted by Gasteiger charge is -2.26. The van der Waals surface area contributed by atoms with E-state index < -0.39 is 6.04 Å². The Hall–Kier alpha value is -3.69. The lowest BCUT2D eigenvalue weighted by Crippen LogP contribution is -2.36. The molecule has 0 fully saturated rings. The molecule has 3 heterocycles. The van der Waals surface area contributed by atoms with Crippen LogP contribution in [0.2, 0.25) is 0 Å². The second-order valence-corrected chi connectivity index (χ2v) is 6.94. The van der Waals surface area contributed by atoms with Crippen molar-refractivity contribution < 1.29 is 23.9 Å². The van der Waals surface area contributed by atoms with Crippen LogP contribution in [0.3, 0.4) is 0 Å². The van der Waals surface area contributed by atoms with E-state index in [-0.39, 0.29) is 66.9 Å². The molecular weight excluding hydrogens is 390 g/mol. The van der Waals surface area contributed by atoms with Gasteiger partial charge in [-0.15, -0.1) is 0 Å². The van der Waals surface area contributed by atoms with Crippen molar-refractivity contribution in [1.29, 1.82) is 0 Å². The molecule has 1 aromatic heterocycles. The maximum absolute atomic E-state index is 12.2. The van der Waals surface area contributed by atoms with E-state index in [2.05, 4.69) is 20.6 Å². The molecule has 0 saturated heterocycles. The van der Waals surface area contributed by atoms with Gasteiger partial charge in [0.15, 0.2) is 5.82 Å². The second-order valence-electron chi connectivity index (χ2n) is 6.94. The fourth-order valence-electron chi connectivity index (χ4n) is 3.59. The minimum Gasteiger partial charge on any atom is -0.475 e. The number of nitrogens with zero attached hydrogens (tertiary/aromatic N) is 2. The summed E-state index contributed by atoms with van der Waals surface area (Å²) in [4.78, 5) is 44.8. The zero-order valence-electron chi connectivity index (χ0n) is 16.4. The van der Waals surface area contributed by atoms with Gasteiger partial charge in [-0.25, -0.2) is 4.98 Å². The molecule has 30 heavy (non-hydrogen) atoms. The van der Waals surface area contributed by atoms with E-state index in [0.29, 0.717) is 12.1 Å². The Bertz CT molecular complexity index is 1040. The molecule has 2 amide bonds. The standard InChI is InChI=1S/C20H21N5O5/c1-2-29-15(27)9-13-12-4-3-10(7-11(12)8-14(26)23-13)18-24-17(21)16-19(28)22-5-6-30-20(16)25-18/h3-4,7,13H,2,5-6,8-9H2,1H3,(H,22,28)(H,23,26)(H2,21,24,25). The van der Waals surface area contributed by atoms with Crippen LogP contribution in [0.25, 0.3) is 11.4 Å². The highest BCUT2D eigenvalue weighted by molar-refractivity contribution is 6.01. The van der Waals surface area contributed by atoms with E-state index in [1.165, 1.54) is 0 Å². The van der Waals surface area contributed by atoms with Crippen LogP contribution in [0.4, 0.5) is 5.82 Å². The van der Waals surface area contributed by atoms with E-state index in [9.17, 15) is 14.4 Å². The maximum Gasteiger partial charge on any atom is 0.308 e. The first kappa shape index (κ1) is 19.6. The van der Waals surface area contributed by atoms with Crippen LogP contribution in [0.5, 0.6) is 5.88 Å². The van der Waals surface area contributed by atoms with Crippen LogP contribution < -0.4 is 21.1 Å². The Labute approximate surface area is 172 Å². The van der Waals surface area contributed by atoms with Gasteiger partial charge in [-0.05, 0) is 24.1 Å². The molecule has 10 nitrogen and oxygen atoms in total. The Morgan fingerprint density at radius 1 is 1.33 bits per heavy atom. The summed E-state index contributed by atoms with van der Waals surface area (Å²) in [6.45, 7) is 2.63. The van der Waals surface area contributed by atoms with Gasteiger partial charge >= 0.3 is 5.97 Å². The minimum absolute atomic E-state index is 0.0186. The third-order valence-corrected chi connectivity index (χ3v) is 4.90. The molecule has 0 radical (unpaired) electrons. The van der Waals surface area contributed by atoms with E-state index in [0.717, 1.165) is 11.1 Å². The fourth-order valence-corrected chi connectivity index (χ4v) is 3.59. The molecule has 2 aliphatic rings. The van der Waals surface area contributed by atoms with Crippen molar-refractivity contribution >= 4 is 23.6 Å². The van der Waals surface area contributed by atoms with Crippen molar-refractivity contribution in [3.05, 3.63) is 34.9 Å². The zero-order chi connectivity index (χ0) is 21.3. The number of carbonyl (C=O) groups excluding carboxylic acids is 3. The van der Waals surface area contributed by atoms with Crippen LogP contribution in [0, 0.1) is 0 Å². The number of amides is 2. The van der Waals surface area contributed by atoms with Gasteiger partial charge in [-0.3, -0.25) is 14.4 Å². The van der Waals surface area contributed by atoms with Crippen LogP contribution in [0.1, 0.15) is 40.9 Å². The molecule has 10 heteroatoms. The molecule has 0 bridgehead atoms. The highest BCUT2D eigenvalue weighted by atomic mass is 16.5. The Kier molecular flexibility index (Phi) is 5.21. The minimum atomic E-state index is -0.459. The van der Waals surface area contributed by atoms with Gasteiger partial charge in [0.1, 0.15) is 18.0 Å². The van der Waals surface area contributed by atoms with E-state index in [1.54, 1.807) is 19.1 Å². The largest absolute Gasteiger partial charge is 0.475 e. The quantitative estimate of drug-likeness (QED) is 0.617. The number of fused-ring (bicyclic) bond motifs is 2. The number of hydrogen-bond acceptors (Lipinski definition) is 8. The SMILES string of the molecule is CCOC(=O)CC1NC(=O)Cc2cc(-c3nc(N)c4c(n3)OCCNC4=O)ccc21. The van der Waals surface area contributed by atoms with Crippen LogP contribution >= 0.6 is 0 Å². The first-order valence-electron chi connectivity index (χ1n) is 9.63. The molecule has 2 aliphatic heterocycles. The summed E-state index contributed by atoms with van der Waals surface area (Å²) in [5.41, 5.74) is 8.34. The number of carbonyl (C=O) groups is 3. The number of ether oxygens (including phenoxy) is 2. The van der Waals surface area contributed by atoms with Gasteiger partial charge < -0.3 is 25.8 Å². The van der Waals surface area contributed by atoms with Crippen LogP contribution in [-0.4, -0.2) is 47.5 Å². The average Bonchev–Trinajstić information content (AvgIpc) is 2.89. The molecule has 156 valence electrons. The van der Waals surface area contributed by atoms with Crippen LogP contribution in [0.15, 0.2) is 18.2 Å². The van der Waals surface area contributed by atoms with Crippen molar-refractivity contribution in [2.75, 3.05) is 25.5 Å². The number of benzene rings is 1. The normalized spacial score (nSPS) is 17.6. The number of hydrogen-bond donors (Lipinski definition) is 3. The van der Waals surface area contributed by atoms with Crippen molar-refractivity contribution in [3.63, 3.8) is 0 Å². The number of esters is 1. The lowest BCUT2D eigenvalue weighted by atomic mass is 9.90. The summed E-state index contributed by atoms with van der Waals surface area (Å²) in [7, 11) is 0. The predicted octanol–water partition coefficient (Wildman–Crippen LogP) is 0.515. The van der Waals surface area contributed by atoms with Crippen molar-refractivity contribution in [3.8, 4) is 17.3 Å². The molecule has 1 unspecified atom stereocenters. The lowest BCUT2D eigenvalue weighted by molar-refractivity contribution is -0.143. The number of anilines is 1. The van der Waals surface area contributed by atoms with Gasteiger partial charge in [0.2, 0.25) is 11.8 Å². The van der Waals surface area contributed by atoms with Gasteiger partial charge in [0, 0.05) is 5.56 Å². The summed E-state index contributed by atoms with van der Waals surface area (Å²) in [5, 5.41) is 5.50. The first-order chi connectivity index (χ1) is 14.5. The maximum atomic E-state index is 12.2. The van der Waals surface area contributed by atoms with Gasteiger partial charge in [0.05, 0.1) is 32.0 Å². The molecule has 0 aliphatic carbocycles. The molecule has 1 atom stereocenters. The first-order valence-corrected chi connectivity index (χ1v) is 9.63. The Morgan fingerprint density at radius 2 is 2.17 bits per heavy atom. The van der Waals surface area contributed by atoms with E-state index >= 15 is 0 Å². The van der Waals surface area contributed by atoms with E-state index in [1.807, 2.05) is 6.07 Å². The third-order valence-electron chi connectivity index (χ3n) is 4.90. The monoisotopic (exact) mass is 411 g/mol. The Balaban J connectivity index is 1.69. The second kappa shape index (κ2) is 7.97. The Morgan fingerprint density at radius 3 is 2.97 bits per heavy atom. The van der Waals surface area contributed by atoms with Crippen molar-refractivity contribution in [1.82, 2.24) is 20.6 Å². The van der Waals surface area contributed by atoms with Gasteiger partial charge in [-0.2, -0.15) is 4.98 Å². The molecule has 4 rings (SSSR count). The molecule has 0 saturated carbocycles. The van der Waals surface area contributed by atoms with Crippen LogP contribution in [-0.2, 0) is 20.7 Å². The smallest absolute Gasteiger partial charge is 0.308 e. The van der Waals surface area contributed by atoms with E-state index in [4.69, 9.17) is 15.2 Å². The highest BCUT2D eigenvalue weighted by Gasteiger charge is 2.28. The van der Waals surface area contributed by atoms with Crippen molar-refractivity contribution in [2.45, 2.75) is 25.8 Å². The molecule has 4 N–H and O–H groups in total. The zero-order valence-corrected chi connectivity index (χ0v) is 16.4. The summed E-state index contributed by atoms with van der Waals surface area (Å²) in [6, 6.07) is 4.95. The number of nitrogen functional groups attached to an aromatic ring is 1. The van der Waals surface area contributed by atoms with Gasteiger partial charge in [0.25, 0.3) is 5.91 Å². The molecule has 1 aromatic carbocycles.